The van der Waals surface area contributed by atoms with Crippen molar-refractivity contribution >= 4 is 29.3 Å². The van der Waals surface area contributed by atoms with Crippen molar-refractivity contribution in [1.82, 2.24) is 15.1 Å². The molecule has 2 unspecified atom stereocenters. The number of nitrogens with zero attached hydrogens (tertiary/aromatic N) is 2. The molecular weight excluding hydrogens is 598 g/mol. The number of fused-ring (bicyclic) bond motifs is 1. The van der Waals surface area contributed by atoms with Gasteiger partial charge in [-0.1, -0.05) is 66.7 Å². The van der Waals surface area contributed by atoms with Gasteiger partial charge < -0.3 is 25.4 Å². The van der Waals surface area contributed by atoms with Crippen molar-refractivity contribution < 1.29 is 28.7 Å². The second-order valence-corrected chi connectivity index (χ2v) is 11.9. The van der Waals surface area contributed by atoms with Gasteiger partial charge in [-0.25, -0.2) is 0 Å². The molecule has 2 atom stereocenters. The molecule has 4 N–H and O–H groups in total. The van der Waals surface area contributed by atoms with Gasteiger partial charge in [-0.2, -0.15) is 0 Å². The number of anilines is 1. The van der Waals surface area contributed by atoms with Crippen LogP contribution in [0.3, 0.4) is 0 Å². The largest absolute Gasteiger partial charge is 0.380 e. The van der Waals surface area contributed by atoms with E-state index in [1.165, 1.54) is 16.0 Å². The fourth-order valence-electron chi connectivity index (χ4n) is 5.91. The molecule has 0 radical (unpaired) electrons. The summed E-state index contributed by atoms with van der Waals surface area (Å²) >= 11 is 0. The first-order chi connectivity index (χ1) is 22.9. The van der Waals surface area contributed by atoms with Crippen LogP contribution in [0.2, 0.25) is 0 Å². The number of nitrogens with one attached hydrogen (secondary N) is 2. The van der Waals surface area contributed by atoms with E-state index < -0.39 is 11.9 Å². The Hall–Kier alpha value is -4.42. The fraction of sp³-hybridized carbons (Fsp3) is 0.389. The Bertz CT molecular complexity index is 1480. The Morgan fingerprint density at radius 1 is 0.915 bits per heavy atom. The second-order valence-electron chi connectivity index (χ2n) is 11.9. The van der Waals surface area contributed by atoms with E-state index in [0.29, 0.717) is 56.3 Å². The third-order valence-electron chi connectivity index (χ3n) is 8.42. The summed E-state index contributed by atoms with van der Waals surface area (Å²) in [6, 6.07) is 24.9. The van der Waals surface area contributed by atoms with E-state index in [0.717, 1.165) is 6.42 Å². The normalized spacial score (nSPS) is 16.7. The highest BCUT2D eigenvalue weighted by Crippen LogP contribution is 2.32. The Labute approximate surface area is 275 Å². The van der Waals surface area contributed by atoms with Gasteiger partial charge in [-0.15, -0.1) is 0 Å². The van der Waals surface area contributed by atoms with Crippen LogP contribution in [0.1, 0.15) is 52.7 Å². The standard InChI is InChI=1S/C36H43N5O6/c37-18-8-19-46-24-28(40(21-26-9-3-1-4-10-26)22-27-11-5-2-6-12-27)25-47-20-17-34(43)38-31-14-7-13-29-30(31)23-41(36(29)45)32-15-16-33(42)39-35(32)44/h1-7,9-14,28,32H,8,15-25,37H2,(H,38,43)(H,39,42,44). The third-order valence-corrected chi connectivity index (χ3v) is 8.42. The highest BCUT2D eigenvalue weighted by molar-refractivity contribution is 6.06. The summed E-state index contributed by atoms with van der Waals surface area (Å²) in [6.45, 7) is 3.73. The summed E-state index contributed by atoms with van der Waals surface area (Å²) in [6.07, 6.45) is 1.34. The zero-order valence-electron chi connectivity index (χ0n) is 26.6. The second kappa shape index (κ2) is 16.9. The van der Waals surface area contributed by atoms with Gasteiger partial charge in [0.2, 0.25) is 17.7 Å². The molecule has 3 aromatic carbocycles. The molecule has 0 bridgehead atoms. The van der Waals surface area contributed by atoms with Crippen LogP contribution in [-0.2, 0) is 43.5 Å². The van der Waals surface area contributed by atoms with Crippen LogP contribution in [0.15, 0.2) is 78.9 Å². The van der Waals surface area contributed by atoms with E-state index >= 15 is 0 Å². The van der Waals surface area contributed by atoms with Gasteiger partial charge in [0.25, 0.3) is 5.91 Å². The highest BCUT2D eigenvalue weighted by atomic mass is 16.5. The average Bonchev–Trinajstić information content (AvgIpc) is 3.41. The topological polar surface area (TPSA) is 143 Å². The average molecular weight is 642 g/mol. The van der Waals surface area contributed by atoms with Crippen molar-refractivity contribution in [2.45, 2.75) is 57.4 Å². The van der Waals surface area contributed by atoms with E-state index in [1.54, 1.807) is 18.2 Å². The molecule has 2 aliphatic heterocycles. The zero-order valence-corrected chi connectivity index (χ0v) is 26.6. The quantitative estimate of drug-likeness (QED) is 0.151. The van der Waals surface area contributed by atoms with Crippen molar-refractivity contribution in [2.24, 2.45) is 5.73 Å². The number of hydrogen-bond donors (Lipinski definition) is 3. The molecule has 4 amide bonds. The first kappa shape index (κ1) is 33.9. The lowest BCUT2D eigenvalue weighted by molar-refractivity contribution is -0.137. The summed E-state index contributed by atoms with van der Waals surface area (Å²) < 4.78 is 12.1. The molecule has 11 nitrogen and oxygen atoms in total. The molecule has 248 valence electrons. The Balaban J connectivity index is 1.18. The molecular formula is C36H43N5O6. The van der Waals surface area contributed by atoms with Crippen LogP contribution in [0, 0.1) is 0 Å². The van der Waals surface area contributed by atoms with Crippen LogP contribution >= 0.6 is 0 Å². The molecule has 47 heavy (non-hydrogen) atoms. The van der Waals surface area contributed by atoms with E-state index in [2.05, 4.69) is 39.8 Å². The molecule has 2 aliphatic rings. The minimum absolute atomic E-state index is 0.0714. The van der Waals surface area contributed by atoms with Gasteiger partial charge in [-0.05, 0) is 42.6 Å². The smallest absolute Gasteiger partial charge is 0.255 e. The van der Waals surface area contributed by atoms with Crippen molar-refractivity contribution in [3.05, 3.63) is 101 Å². The van der Waals surface area contributed by atoms with Crippen LogP contribution in [0.4, 0.5) is 5.69 Å². The van der Waals surface area contributed by atoms with Gasteiger partial charge in [0, 0.05) is 49.5 Å². The third kappa shape index (κ3) is 9.32. The lowest BCUT2D eigenvalue weighted by atomic mass is 10.0. The van der Waals surface area contributed by atoms with Gasteiger partial charge in [0.1, 0.15) is 6.04 Å². The number of rotatable bonds is 17. The lowest BCUT2D eigenvalue weighted by Gasteiger charge is -2.32. The molecule has 1 saturated heterocycles. The van der Waals surface area contributed by atoms with Crippen LogP contribution < -0.4 is 16.4 Å². The van der Waals surface area contributed by atoms with Gasteiger partial charge in [0.15, 0.2) is 0 Å². The lowest BCUT2D eigenvalue weighted by Crippen LogP contribution is -2.52. The number of nitrogens with two attached hydrogens (primary N) is 1. The van der Waals surface area contributed by atoms with Gasteiger partial charge >= 0.3 is 0 Å². The number of piperidine rings is 1. The summed E-state index contributed by atoms with van der Waals surface area (Å²) in [5.41, 5.74) is 9.67. The molecule has 0 spiro atoms. The van der Waals surface area contributed by atoms with E-state index in [4.69, 9.17) is 15.2 Å². The Morgan fingerprint density at radius 3 is 2.21 bits per heavy atom. The number of imide groups is 1. The van der Waals surface area contributed by atoms with Gasteiger partial charge in [-0.3, -0.25) is 29.4 Å². The SMILES string of the molecule is NCCCOCC(COCCC(=O)Nc1cccc2c1CN(C1CCC(=O)NC1=O)C2=O)N(Cc1ccccc1)Cc1ccccc1. The summed E-state index contributed by atoms with van der Waals surface area (Å²) in [5.74, 6) is -1.34. The number of carbonyl (C=O) groups excluding carboxylic acids is 4. The summed E-state index contributed by atoms with van der Waals surface area (Å²) in [5, 5.41) is 5.24. The van der Waals surface area contributed by atoms with Crippen molar-refractivity contribution in [2.75, 3.05) is 38.3 Å². The van der Waals surface area contributed by atoms with Crippen molar-refractivity contribution in [1.29, 1.82) is 0 Å². The highest BCUT2D eigenvalue weighted by Gasteiger charge is 2.40. The number of hydrogen-bond acceptors (Lipinski definition) is 8. The number of carbonyl (C=O) groups is 4. The number of ether oxygens (including phenoxy) is 2. The molecule has 3 aromatic rings. The minimum Gasteiger partial charge on any atom is -0.380 e. The van der Waals surface area contributed by atoms with Crippen LogP contribution in [0.5, 0.6) is 0 Å². The summed E-state index contributed by atoms with van der Waals surface area (Å²) in [4.78, 5) is 54.0. The number of benzene rings is 3. The predicted octanol–water partition coefficient (Wildman–Crippen LogP) is 3.23. The maximum atomic E-state index is 13.1. The van der Waals surface area contributed by atoms with E-state index in [9.17, 15) is 19.2 Å². The molecule has 0 saturated carbocycles. The Kier molecular flexibility index (Phi) is 12.2. The predicted molar refractivity (Wildman–Crippen MR) is 177 cm³/mol. The summed E-state index contributed by atoms with van der Waals surface area (Å²) in [7, 11) is 0. The maximum Gasteiger partial charge on any atom is 0.255 e. The van der Waals surface area contributed by atoms with Crippen molar-refractivity contribution in [3.63, 3.8) is 0 Å². The monoisotopic (exact) mass is 641 g/mol. The van der Waals surface area contributed by atoms with Gasteiger partial charge in [0.05, 0.1) is 32.3 Å². The molecule has 5 rings (SSSR count). The van der Waals surface area contributed by atoms with Crippen LogP contribution in [-0.4, -0.2) is 78.5 Å². The van der Waals surface area contributed by atoms with Crippen LogP contribution in [0.25, 0.3) is 0 Å². The molecule has 11 heteroatoms. The molecule has 1 fully saturated rings. The maximum absolute atomic E-state index is 13.1. The zero-order chi connectivity index (χ0) is 33.0. The Morgan fingerprint density at radius 2 is 1.57 bits per heavy atom. The molecule has 0 aliphatic carbocycles. The first-order valence-corrected chi connectivity index (χ1v) is 16.2. The minimum atomic E-state index is -0.722. The first-order valence-electron chi connectivity index (χ1n) is 16.2. The molecule has 0 aromatic heterocycles. The van der Waals surface area contributed by atoms with E-state index in [-0.39, 0.29) is 56.2 Å². The fourth-order valence-corrected chi connectivity index (χ4v) is 5.91. The van der Waals surface area contributed by atoms with Crippen molar-refractivity contribution in [3.8, 4) is 0 Å². The van der Waals surface area contributed by atoms with E-state index in [1.807, 2.05) is 36.4 Å². The number of amides is 4. The molecule has 2 heterocycles.